The topological polar surface area (TPSA) is 54.3 Å². The molecule has 3 rings (SSSR count). The summed E-state index contributed by atoms with van der Waals surface area (Å²) >= 11 is 0. The van der Waals surface area contributed by atoms with Crippen LogP contribution in [0.25, 0.3) is 0 Å². The molecule has 0 fully saturated rings. The smallest absolute Gasteiger partial charge is 0.161 e. The number of rotatable bonds is 4. The van der Waals surface area contributed by atoms with E-state index in [0.29, 0.717) is 11.5 Å². The van der Waals surface area contributed by atoms with Gasteiger partial charge >= 0.3 is 0 Å². The average Bonchev–Trinajstić information content (AvgIpc) is 2.85. The third-order valence-electron chi connectivity index (χ3n) is 4.39. The van der Waals surface area contributed by atoms with Crippen LogP contribution in [0.4, 0.5) is 0 Å². The Bertz CT molecular complexity index is 756. The molecule has 0 unspecified atom stereocenters. The summed E-state index contributed by atoms with van der Waals surface area (Å²) in [4.78, 5) is 4.79. The number of hydrogen-bond donors (Lipinski definition) is 1. The summed E-state index contributed by atoms with van der Waals surface area (Å²) in [5.74, 6) is 1.26. The van der Waals surface area contributed by atoms with E-state index in [2.05, 4.69) is 0 Å². The van der Waals surface area contributed by atoms with Gasteiger partial charge in [-0.2, -0.15) is 5.06 Å². The van der Waals surface area contributed by atoms with Gasteiger partial charge in [-0.3, -0.25) is 4.99 Å². The lowest BCUT2D eigenvalue weighted by Crippen LogP contribution is -2.44. The highest BCUT2D eigenvalue weighted by molar-refractivity contribution is 6.08. The van der Waals surface area contributed by atoms with Gasteiger partial charge in [0, 0.05) is 0 Å². The highest BCUT2D eigenvalue weighted by Crippen LogP contribution is 2.40. The molecule has 0 saturated heterocycles. The first-order valence-corrected chi connectivity index (χ1v) is 7.83. The van der Waals surface area contributed by atoms with Crippen LogP contribution in [0.3, 0.4) is 0 Å². The van der Waals surface area contributed by atoms with Crippen molar-refractivity contribution in [3.63, 3.8) is 0 Å². The Kier molecular flexibility index (Phi) is 4.30. The van der Waals surface area contributed by atoms with Gasteiger partial charge in [-0.1, -0.05) is 36.4 Å². The summed E-state index contributed by atoms with van der Waals surface area (Å²) in [5.41, 5.74) is 2.10. The lowest BCUT2D eigenvalue weighted by molar-refractivity contribution is -0.159. The van der Waals surface area contributed by atoms with Crippen molar-refractivity contribution in [3.8, 4) is 11.5 Å². The van der Waals surface area contributed by atoms with Crippen molar-refractivity contribution in [3.05, 3.63) is 59.7 Å². The molecular formula is C19H22N2O3. The van der Waals surface area contributed by atoms with Gasteiger partial charge in [-0.15, -0.1) is 0 Å². The lowest BCUT2D eigenvalue weighted by Gasteiger charge is -2.30. The fourth-order valence-electron chi connectivity index (χ4n) is 3.00. The summed E-state index contributed by atoms with van der Waals surface area (Å²) in [6.07, 6.45) is -0.491. The van der Waals surface area contributed by atoms with Gasteiger partial charge in [-0.05, 0) is 37.1 Å². The van der Waals surface area contributed by atoms with Crippen LogP contribution in [0, 0.1) is 0 Å². The molecule has 24 heavy (non-hydrogen) atoms. The van der Waals surface area contributed by atoms with Crippen molar-refractivity contribution in [2.24, 2.45) is 4.99 Å². The normalized spacial score (nSPS) is 19.9. The zero-order valence-corrected chi connectivity index (χ0v) is 14.4. The van der Waals surface area contributed by atoms with Gasteiger partial charge in [0.1, 0.15) is 0 Å². The van der Waals surface area contributed by atoms with E-state index in [9.17, 15) is 5.21 Å². The Balaban J connectivity index is 2.04. The summed E-state index contributed by atoms with van der Waals surface area (Å²) in [5, 5.41) is 12.0. The zero-order chi connectivity index (χ0) is 17.3. The van der Waals surface area contributed by atoms with Gasteiger partial charge in [-0.25, -0.2) is 0 Å². The van der Waals surface area contributed by atoms with Crippen molar-refractivity contribution in [1.29, 1.82) is 0 Å². The fourth-order valence-corrected chi connectivity index (χ4v) is 3.00. The Morgan fingerprint density at radius 1 is 1.00 bits per heavy atom. The van der Waals surface area contributed by atoms with Gasteiger partial charge in [0.05, 0.1) is 25.5 Å². The fraction of sp³-hybridized carbons (Fsp3) is 0.316. The number of aliphatic imine (C=N–C) groups is 1. The van der Waals surface area contributed by atoms with E-state index in [1.54, 1.807) is 14.2 Å². The van der Waals surface area contributed by atoms with Crippen molar-refractivity contribution >= 4 is 5.71 Å². The number of hydroxylamine groups is 2. The molecule has 1 heterocycles. The second-order valence-corrected chi connectivity index (χ2v) is 6.24. The standard InChI is InChI=1S/C19H22N2O3/c1-19(2)17(13-8-6-5-7-9-13)20-18(21(19)22)14-10-11-15(23-3)16(12-14)24-4/h5-12,18,22H,1-4H3/t18-/m0/s1. The molecule has 2 aromatic carbocycles. The van der Waals surface area contributed by atoms with E-state index in [0.717, 1.165) is 16.8 Å². The van der Waals surface area contributed by atoms with E-state index < -0.39 is 11.7 Å². The van der Waals surface area contributed by atoms with Gasteiger partial charge in [0.2, 0.25) is 0 Å². The maximum absolute atomic E-state index is 10.7. The molecule has 0 saturated carbocycles. The minimum atomic E-state index is -0.598. The maximum Gasteiger partial charge on any atom is 0.161 e. The SMILES string of the molecule is COc1ccc([C@H]2N=C(c3ccccc3)C(C)(C)N2O)cc1OC. The largest absolute Gasteiger partial charge is 0.493 e. The van der Waals surface area contributed by atoms with E-state index in [4.69, 9.17) is 14.5 Å². The minimum Gasteiger partial charge on any atom is -0.493 e. The molecule has 0 radical (unpaired) electrons. The van der Waals surface area contributed by atoms with Gasteiger partial charge in [0.15, 0.2) is 17.7 Å². The van der Waals surface area contributed by atoms with Crippen molar-refractivity contribution in [1.82, 2.24) is 5.06 Å². The highest BCUT2D eigenvalue weighted by Gasteiger charge is 2.43. The molecule has 0 bridgehead atoms. The summed E-state index contributed by atoms with van der Waals surface area (Å²) in [7, 11) is 3.19. The monoisotopic (exact) mass is 326 g/mol. The Morgan fingerprint density at radius 2 is 1.67 bits per heavy atom. The average molecular weight is 326 g/mol. The molecule has 0 aromatic heterocycles. The molecule has 5 heteroatoms. The molecule has 0 amide bonds. The van der Waals surface area contributed by atoms with Gasteiger partial charge < -0.3 is 14.7 Å². The summed E-state index contributed by atoms with van der Waals surface area (Å²) < 4.78 is 10.6. The first-order valence-electron chi connectivity index (χ1n) is 7.83. The highest BCUT2D eigenvalue weighted by atomic mass is 16.5. The quantitative estimate of drug-likeness (QED) is 0.931. The number of ether oxygens (including phenoxy) is 2. The molecular weight excluding hydrogens is 304 g/mol. The van der Waals surface area contributed by atoms with E-state index in [1.807, 2.05) is 62.4 Å². The zero-order valence-electron chi connectivity index (χ0n) is 14.4. The Hall–Kier alpha value is -2.37. The summed E-state index contributed by atoms with van der Waals surface area (Å²) in [6.45, 7) is 3.92. The molecule has 0 aliphatic carbocycles. The van der Waals surface area contributed by atoms with Crippen LogP contribution in [-0.2, 0) is 0 Å². The predicted octanol–water partition coefficient (Wildman–Crippen LogP) is 3.68. The van der Waals surface area contributed by atoms with Gasteiger partial charge in [0.25, 0.3) is 0 Å². The van der Waals surface area contributed by atoms with Crippen LogP contribution in [0.2, 0.25) is 0 Å². The number of methoxy groups -OCH3 is 2. The second kappa shape index (κ2) is 6.26. The Labute approximate surface area is 142 Å². The molecule has 1 N–H and O–H groups in total. The molecule has 1 atom stereocenters. The van der Waals surface area contributed by atoms with E-state index in [1.165, 1.54) is 5.06 Å². The number of hydrogen-bond acceptors (Lipinski definition) is 5. The van der Waals surface area contributed by atoms with Crippen LogP contribution < -0.4 is 9.47 Å². The van der Waals surface area contributed by atoms with Crippen molar-refractivity contribution < 1.29 is 14.7 Å². The molecule has 5 nitrogen and oxygen atoms in total. The van der Waals surface area contributed by atoms with E-state index >= 15 is 0 Å². The molecule has 0 spiro atoms. The lowest BCUT2D eigenvalue weighted by atomic mass is 9.93. The van der Waals surface area contributed by atoms with E-state index in [-0.39, 0.29) is 0 Å². The van der Waals surface area contributed by atoms with Crippen LogP contribution >= 0.6 is 0 Å². The third kappa shape index (κ3) is 2.66. The van der Waals surface area contributed by atoms with Crippen LogP contribution in [0.1, 0.15) is 31.1 Å². The van der Waals surface area contributed by atoms with Crippen LogP contribution in [-0.4, -0.2) is 35.7 Å². The first-order chi connectivity index (χ1) is 11.5. The summed E-state index contributed by atoms with van der Waals surface area (Å²) in [6, 6.07) is 15.5. The maximum atomic E-state index is 10.7. The first kappa shape index (κ1) is 16.5. The molecule has 126 valence electrons. The second-order valence-electron chi connectivity index (χ2n) is 6.24. The van der Waals surface area contributed by atoms with Crippen molar-refractivity contribution in [2.75, 3.05) is 14.2 Å². The van der Waals surface area contributed by atoms with Crippen molar-refractivity contribution in [2.45, 2.75) is 25.6 Å². The Morgan fingerprint density at radius 3 is 2.29 bits per heavy atom. The number of benzene rings is 2. The molecule has 2 aromatic rings. The predicted molar refractivity (Wildman–Crippen MR) is 93.0 cm³/mol. The van der Waals surface area contributed by atoms with Crippen LogP contribution in [0.15, 0.2) is 53.5 Å². The minimum absolute atomic E-state index is 0.491. The van der Waals surface area contributed by atoms with Crippen LogP contribution in [0.5, 0.6) is 11.5 Å². The molecule has 1 aliphatic heterocycles. The molecule has 1 aliphatic rings. The number of nitrogens with zero attached hydrogens (tertiary/aromatic N) is 2. The third-order valence-corrected chi connectivity index (χ3v) is 4.39.